The quantitative estimate of drug-likeness (QED) is 0.469. The molecule has 3 aromatic carbocycles. The van der Waals surface area contributed by atoms with Gasteiger partial charge in [0.05, 0.1) is 6.42 Å². The predicted molar refractivity (Wildman–Crippen MR) is 115 cm³/mol. The fraction of sp³-hybridized carbons (Fsp3) is 0.200. The minimum Gasteiger partial charge on any atom is -0.489 e. The van der Waals surface area contributed by atoms with Gasteiger partial charge < -0.3 is 14.8 Å². The molecule has 4 rings (SSSR count). The topological polar surface area (TPSA) is 64.6 Å². The van der Waals surface area contributed by atoms with E-state index in [4.69, 9.17) is 9.47 Å². The van der Waals surface area contributed by atoms with Crippen molar-refractivity contribution in [2.75, 3.05) is 5.32 Å². The van der Waals surface area contributed by atoms with Crippen molar-refractivity contribution in [3.63, 3.8) is 0 Å². The highest BCUT2D eigenvalue weighted by molar-refractivity contribution is 6.04. The van der Waals surface area contributed by atoms with Crippen LogP contribution in [0.1, 0.15) is 46.3 Å². The molecule has 0 saturated carbocycles. The van der Waals surface area contributed by atoms with Crippen LogP contribution in [0.5, 0.6) is 11.5 Å². The monoisotopic (exact) mass is 401 g/mol. The Morgan fingerprint density at radius 2 is 1.90 bits per heavy atom. The molecule has 1 amide bonds. The van der Waals surface area contributed by atoms with Crippen molar-refractivity contribution < 1.29 is 19.1 Å². The largest absolute Gasteiger partial charge is 0.489 e. The Hall–Kier alpha value is -3.60. The summed E-state index contributed by atoms with van der Waals surface area (Å²) < 4.78 is 11.2. The van der Waals surface area contributed by atoms with Gasteiger partial charge in [-0.15, -0.1) is 0 Å². The van der Waals surface area contributed by atoms with Crippen LogP contribution < -0.4 is 14.8 Å². The Morgan fingerprint density at radius 1 is 1.10 bits per heavy atom. The molecule has 1 heterocycles. The van der Waals surface area contributed by atoms with E-state index in [0.29, 0.717) is 30.1 Å². The zero-order chi connectivity index (χ0) is 21.1. The van der Waals surface area contributed by atoms with Crippen LogP contribution in [0.2, 0.25) is 0 Å². The average Bonchev–Trinajstić information content (AvgIpc) is 2.72. The van der Waals surface area contributed by atoms with Gasteiger partial charge in [-0.2, -0.15) is 0 Å². The summed E-state index contributed by atoms with van der Waals surface area (Å²) in [5.74, 6) is 0.982. The molecule has 1 atom stereocenters. The van der Waals surface area contributed by atoms with Crippen molar-refractivity contribution in [1.82, 2.24) is 0 Å². The first-order chi connectivity index (χ1) is 14.5. The van der Waals surface area contributed by atoms with Crippen molar-refractivity contribution in [3.05, 3.63) is 89.0 Å². The Labute approximate surface area is 175 Å². The molecule has 0 spiro atoms. The molecule has 152 valence electrons. The molecule has 0 fully saturated rings. The minimum atomic E-state index is -0.216. The van der Waals surface area contributed by atoms with E-state index in [2.05, 4.69) is 5.32 Å². The number of anilines is 1. The van der Waals surface area contributed by atoms with Crippen LogP contribution in [0.4, 0.5) is 5.69 Å². The number of fused-ring (bicyclic) bond motifs is 1. The zero-order valence-corrected chi connectivity index (χ0v) is 17.0. The molecule has 5 nitrogen and oxygen atoms in total. The van der Waals surface area contributed by atoms with Gasteiger partial charge in [0.1, 0.15) is 18.1 Å². The van der Waals surface area contributed by atoms with Gasteiger partial charge in [-0.1, -0.05) is 37.3 Å². The SMILES string of the molecule is Cc1cccc(NC(=O)c2ccc(COc3ccc4c(c3)OC(=O)CC4C)cc2)c1. The van der Waals surface area contributed by atoms with Gasteiger partial charge in [0, 0.05) is 17.3 Å². The summed E-state index contributed by atoms with van der Waals surface area (Å²) in [7, 11) is 0. The van der Waals surface area contributed by atoms with Crippen LogP contribution in [0.15, 0.2) is 66.7 Å². The fourth-order valence-corrected chi connectivity index (χ4v) is 3.47. The molecule has 1 N–H and O–H groups in total. The van der Waals surface area contributed by atoms with E-state index in [1.165, 1.54) is 0 Å². The third-order valence-electron chi connectivity index (χ3n) is 5.11. The van der Waals surface area contributed by atoms with Gasteiger partial charge in [-0.25, -0.2) is 0 Å². The van der Waals surface area contributed by atoms with Gasteiger partial charge in [0.15, 0.2) is 0 Å². The lowest BCUT2D eigenvalue weighted by Gasteiger charge is -2.21. The van der Waals surface area contributed by atoms with Gasteiger partial charge in [0.25, 0.3) is 5.91 Å². The van der Waals surface area contributed by atoms with Gasteiger partial charge in [-0.05, 0) is 59.9 Å². The summed E-state index contributed by atoms with van der Waals surface area (Å²) in [6.45, 7) is 4.34. The molecular weight excluding hydrogens is 378 g/mol. The van der Waals surface area contributed by atoms with Gasteiger partial charge in [-0.3, -0.25) is 9.59 Å². The number of ether oxygens (including phenoxy) is 2. The van der Waals surface area contributed by atoms with Crippen molar-refractivity contribution in [2.24, 2.45) is 0 Å². The van der Waals surface area contributed by atoms with E-state index in [-0.39, 0.29) is 17.8 Å². The third-order valence-corrected chi connectivity index (χ3v) is 5.11. The second-order valence-electron chi connectivity index (χ2n) is 7.59. The minimum absolute atomic E-state index is 0.147. The third kappa shape index (κ3) is 4.51. The second-order valence-corrected chi connectivity index (χ2v) is 7.59. The Balaban J connectivity index is 1.38. The molecular formula is C25H23NO4. The normalized spacial score (nSPS) is 15.1. The number of benzene rings is 3. The molecule has 0 bridgehead atoms. The average molecular weight is 401 g/mol. The van der Waals surface area contributed by atoms with E-state index >= 15 is 0 Å². The maximum atomic E-state index is 12.4. The van der Waals surface area contributed by atoms with E-state index in [0.717, 1.165) is 22.4 Å². The number of carbonyl (C=O) groups excluding carboxylic acids is 2. The maximum absolute atomic E-state index is 12.4. The summed E-state index contributed by atoms with van der Waals surface area (Å²) >= 11 is 0. The van der Waals surface area contributed by atoms with Gasteiger partial charge in [0.2, 0.25) is 0 Å². The molecule has 1 unspecified atom stereocenters. The van der Waals surface area contributed by atoms with E-state index in [1.807, 2.05) is 62.4 Å². The van der Waals surface area contributed by atoms with Crippen LogP contribution in [0.3, 0.4) is 0 Å². The number of aryl methyl sites for hydroxylation is 1. The maximum Gasteiger partial charge on any atom is 0.311 e. The first-order valence-corrected chi connectivity index (χ1v) is 9.92. The van der Waals surface area contributed by atoms with Crippen molar-refractivity contribution in [3.8, 4) is 11.5 Å². The number of rotatable bonds is 5. The fourth-order valence-electron chi connectivity index (χ4n) is 3.47. The molecule has 0 radical (unpaired) electrons. The van der Waals surface area contributed by atoms with Crippen molar-refractivity contribution in [2.45, 2.75) is 32.8 Å². The van der Waals surface area contributed by atoms with E-state index < -0.39 is 0 Å². The standard InChI is InChI=1S/C25H23NO4/c1-16-4-3-5-20(12-16)26-25(28)19-8-6-18(7-9-19)15-29-21-10-11-22-17(2)13-24(27)30-23(22)14-21/h3-12,14,17H,13,15H2,1-2H3,(H,26,28). The number of carbonyl (C=O) groups is 2. The van der Waals surface area contributed by atoms with E-state index in [9.17, 15) is 9.59 Å². The predicted octanol–water partition coefficient (Wildman–Crippen LogP) is 5.24. The van der Waals surface area contributed by atoms with Gasteiger partial charge >= 0.3 is 5.97 Å². The zero-order valence-electron chi connectivity index (χ0n) is 17.0. The molecule has 5 heteroatoms. The lowest BCUT2D eigenvalue weighted by Crippen LogP contribution is -2.18. The van der Waals surface area contributed by atoms with Crippen LogP contribution in [-0.2, 0) is 11.4 Å². The molecule has 1 aliphatic heterocycles. The first-order valence-electron chi connectivity index (χ1n) is 9.92. The molecule has 3 aromatic rings. The number of nitrogens with one attached hydrogen (secondary N) is 1. The summed E-state index contributed by atoms with van der Waals surface area (Å²) in [6, 6.07) is 20.6. The van der Waals surface area contributed by atoms with Crippen LogP contribution in [0.25, 0.3) is 0 Å². The highest BCUT2D eigenvalue weighted by Gasteiger charge is 2.24. The Kier molecular flexibility index (Phi) is 5.53. The molecule has 0 aromatic heterocycles. The van der Waals surface area contributed by atoms with Crippen LogP contribution in [0, 0.1) is 6.92 Å². The van der Waals surface area contributed by atoms with Crippen LogP contribution in [-0.4, -0.2) is 11.9 Å². The molecule has 30 heavy (non-hydrogen) atoms. The van der Waals surface area contributed by atoms with Crippen LogP contribution >= 0.6 is 0 Å². The molecule has 0 aliphatic carbocycles. The van der Waals surface area contributed by atoms with E-state index in [1.54, 1.807) is 18.2 Å². The number of esters is 1. The highest BCUT2D eigenvalue weighted by atomic mass is 16.5. The van der Waals surface area contributed by atoms with Crippen molar-refractivity contribution >= 4 is 17.6 Å². The Bertz CT molecular complexity index is 1090. The number of amides is 1. The summed E-state index contributed by atoms with van der Waals surface area (Å²) in [4.78, 5) is 24.1. The summed E-state index contributed by atoms with van der Waals surface area (Å²) in [5, 5.41) is 2.90. The lowest BCUT2D eigenvalue weighted by atomic mass is 9.95. The number of hydrogen-bond acceptors (Lipinski definition) is 4. The molecule has 1 aliphatic rings. The second kappa shape index (κ2) is 8.41. The first kappa shape index (κ1) is 19.7. The lowest BCUT2D eigenvalue weighted by molar-refractivity contribution is -0.135. The summed E-state index contributed by atoms with van der Waals surface area (Å²) in [6.07, 6.45) is 0.400. The Morgan fingerprint density at radius 3 is 2.67 bits per heavy atom. The van der Waals surface area contributed by atoms with Crippen molar-refractivity contribution in [1.29, 1.82) is 0 Å². The smallest absolute Gasteiger partial charge is 0.311 e. The summed E-state index contributed by atoms with van der Waals surface area (Å²) in [5.41, 5.74) is 4.40. The number of hydrogen-bond donors (Lipinski definition) is 1. The highest BCUT2D eigenvalue weighted by Crippen LogP contribution is 2.36. The molecule has 0 saturated heterocycles.